The summed E-state index contributed by atoms with van der Waals surface area (Å²) in [6, 6.07) is 9.56. The molecule has 0 unspecified atom stereocenters. The number of phenolic OH excluding ortho intramolecular Hbond substituents is 1. The predicted molar refractivity (Wildman–Crippen MR) is 280 cm³/mol. The number of benzene rings is 1. The molecular formula is C52H68N14O10. The number of aliphatic carboxylic acids is 1. The van der Waals surface area contributed by atoms with Crippen LogP contribution in [0.15, 0.2) is 77.2 Å². The lowest BCUT2D eigenvalue weighted by molar-refractivity contribution is -0.141. The second kappa shape index (κ2) is 29.0. The van der Waals surface area contributed by atoms with Crippen LogP contribution in [0.2, 0.25) is 0 Å². The van der Waals surface area contributed by atoms with Crippen LogP contribution < -0.4 is 48.3 Å². The van der Waals surface area contributed by atoms with E-state index in [1.807, 2.05) is 24.3 Å². The molecule has 1 aromatic carbocycles. The third-order valence-corrected chi connectivity index (χ3v) is 13.2. The summed E-state index contributed by atoms with van der Waals surface area (Å²) in [6.07, 6.45) is 10.1. The number of pyridine rings is 2. The monoisotopic (exact) mass is 1050 g/mol. The molecule has 1 aliphatic carbocycles. The van der Waals surface area contributed by atoms with Gasteiger partial charge in [0.25, 0.3) is 0 Å². The average molecular weight is 1050 g/mol. The molecule has 1 saturated heterocycles. The molecule has 0 bridgehead atoms. The minimum atomic E-state index is -1.66. The van der Waals surface area contributed by atoms with Crippen LogP contribution in [-0.4, -0.2) is 129 Å². The number of nitrogens with one attached hydrogen (secondary N) is 9. The van der Waals surface area contributed by atoms with Crippen molar-refractivity contribution in [2.45, 2.75) is 127 Å². The van der Waals surface area contributed by atoms with Crippen LogP contribution in [0.25, 0.3) is 0 Å². The maximum atomic E-state index is 14.1. The Balaban J connectivity index is 1.03. The number of rotatable bonds is 20. The van der Waals surface area contributed by atoms with Crippen LogP contribution in [-0.2, 0) is 44.8 Å². The van der Waals surface area contributed by atoms with Gasteiger partial charge in [-0.15, -0.1) is 0 Å². The first kappa shape index (κ1) is 57.0. The fraction of sp³-hybridized carbons (Fsp3) is 0.481. The molecule has 3 aliphatic rings. The summed E-state index contributed by atoms with van der Waals surface area (Å²) in [6.45, 7) is -0.338. The van der Waals surface area contributed by atoms with Crippen molar-refractivity contribution in [1.29, 1.82) is 5.41 Å². The van der Waals surface area contributed by atoms with E-state index in [1.165, 1.54) is 30.7 Å². The molecule has 2 aromatic heterocycles. The minimum Gasteiger partial charge on any atom is -0.508 e. The summed E-state index contributed by atoms with van der Waals surface area (Å²) in [5, 5.41) is 56.9. The van der Waals surface area contributed by atoms with Crippen LogP contribution in [0.1, 0.15) is 113 Å². The highest BCUT2D eigenvalue weighted by Crippen LogP contribution is 2.36. The molecule has 2 aliphatic heterocycles. The van der Waals surface area contributed by atoms with Crippen molar-refractivity contribution in [3.05, 3.63) is 83.9 Å². The standard InChI is InChI=1S/C52H68N14O10/c53-52(54)57-26-10-15-38-49(74)62-39(50(75)63-40(27-31-18-21-33(67)22-19-31)51(76)64-41(28-45(71)72)48(73)59-30-44(70)61-38)14-6-8-25-56-42(68)16-9-17-43(69)60-32-20-23-37(58-29-32)47-35-12-4-2-1-3-11-34(35)46(65-66-47)36-13-5-7-24-55-36/h5,7,13,18-24,29,34-35,38-41,67H,1-4,6,8-12,14-17,25-28,30H2,(H,56,68)(H,59,73)(H,60,69)(H,61,70)(H,62,74)(H,63,75)(H,64,76)(H,71,72)(H4,53,54,57)/t34-,35-,38-,39-,40+,41-/m1/s1. The predicted octanol–water partition coefficient (Wildman–Crippen LogP) is 1.42. The first-order valence-corrected chi connectivity index (χ1v) is 25.8. The molecule has 24 nitrogen and oxygen atoms in total. The molecule has 7 amide bonds. The molecule has 24 heteroatoms. The first-order chi connectivity index (χ1) is 36.6. The van der Waals surface area contributed by atoms with Gasteiger partial charge in [-0.3, -0.25) is 53.7 Å². The third-order valence-electron chi connectivity index (χ3n) is 13.2. The maximum Gasteiger partial charge on any atom is 0.305 e. The fourth-order valence-corrected chi connectivity index (χ4v) is 9.31. The first-order valence-electron chi connectivity index (χ1n) is 25.8. The lowest BCUT2D eigenvalue weighted by atomic mass is 9.74. The number of carboxylic acid groups (broad SMARTS) is 1. The van der Waals surface area contributed by atoms with Crippen molar-refractivity contribution in [3.8, 4) is 5.75 Å². The number of carbonyl (C=O) groups excluding carboxylic acids is 7. The fourth-order valence-electron chi connectivity index (χ4n) is 9.31. The molecule has 406 valence electrons. The molecule has 76 heavy (non-hydrogen) atoms. The van der Waals surface area contributed by atoms with E-state index in [9.17, 15) is 48.6 Å². The summed E-state index contributed by atoms with van der Waals surface area (Å²) < 4.78 is 0. The zero-order valence-electron chi connectivity index (χ0n) is 42.3. The molecule has 6 atom stereocenters. The van der Waals surface area contributed by atoms with Crippen LogP contribution in [0, 0.1) is 17.2 Å². The van der Waals surface area contributed by atoms with Crippen molar-refractivity contribution in [2.75, 3.05) is 25.0 Å². The Morgan fingerprint density at radius 1 is 0.658 bits per heavy atom. The number of carbonyl (C=O) groups is 8. The zero-order chi connectivity index (χ0) is 54.4. The lowest BCUT2D eigenvalue weighted by Gasteiger charge is -2.33. The number of aromatic nitrogens is 2. The molecule has 0 radical (unpaired) electrons. The van der Waals surface area contributed by atoms with Gasteiger partial charge in [0.2, 0.25) is 41.4 Å². The normalized spacial score (nSPS) is 21.6. The Bertz CT molecular complexity index is 2600. The Labute approximate surface area is 439 Å². The second-order valence-electron chi connectivity index (χ2n) is 19.0. The number of carboxylic acids is 1. The second-order valence-corrected chi connectivity index (χ2v) is 19.0. The molecule has 1 saturated carbocycles. The number of hydrogen-bond donors (Lipinski definition) is 12. The summed E-state index contributed by atoms with van der Waals surface area (Å²) in [5.74, 6) is -6.43. The Morgan fingerprint density at radius 3 is 1.92 bits per heavy atom. The zero-order valence-corrected chi connectivity index (χ0v) is 42.3. The SMILES string of the molecule is N=C(N)NCCC[C@H]1NC(=O)CNC(=O)[C@@H](CC(=O)O)NC(=O)[C@H](Cc2ccc(O)cc2)NC(=O)[C@@H](CCCCNC(=O)CCCC(=O)Nc2ccc(C3=NN=C(c4ccccn4)[C@@H]4CCCCCC[C@@H]34)nc2)NC1=O. The topological polar surface area (TPSA) is 374 Å². The number of nitrogens with zero attached hydrogens (tertiary/aromatic N) is 4. The van der Waals surface area contributed by atoms with Gasteiger partial charge in [-0.2, -0.15) is 10.2 Å². The molecule has 4 heterocycles. The number of nitrogens with two attached hydrogens (primary N) is 1. The summed E-state index contributed by atoms with van der Waals surface area (Å²) >= 11 is 0. The Kier molecular flexibility index (Phi) is 21.7. The van der Waals surface area contributed by atoms with Gasteiger partial charge in [-0.1, -0.05) is 43.9 Å². The van der Waals surface area contributed by atoms with Crippen LogP contribution in [0.5, 0.6) is 5.75 Å². The van der Waals surface area contributed by atoms with Gasteiger partial charge in [0.15, 0.2) is 5.96 Å². The van der Waals surface area contributed by atoms with E-state index in [2.05, 4.69) is 62.7 Å². The lowest BCUT2D eigenvalue weighted by Crippen LogP contribution is -2.58. The number of hydrogen-bond acceptors (Lipinski definition) is 14. The Morgan fingerprint density at radius 2 is 1.28 bits per heavy atom. The third kappa shape index (κ3) is 18.0. The summed E-state index contributed by atoms with van der Waals surface area (Å²) in [5.41, 5.74) is 9.66. The van der Waals surface area contributed by atoms with Gasteiger partial charge in [-0.25, -0.2) is 0 Å². The van der Waals surface area contributed by atoms with E-state index in [0.29, 0.717) is 23.4 Å². The van der Waals surface area contributed by atoms with Crippen molar-refractivity contribution in [3.63, 3.8) is 0 Å². The highest BCUT2D eigenvalue weighted by atomic mass is 16.4. The number of aromatic hydroxyl groups is 1. The number of fused-ring (bicyclic) bond motifs is 1. The van der Waals surface area contributed by atoms with Crippen molar-refractivity contribution >= 4 is 70.4 Å². The molecule has 0 spiro atoms. The van der Waals surface area contributed by atoms with E-state index >= 15 is 0 Å². The summed E-state index contributed by atoms with van der Waals surface area (Å²) in [7, 11) is 0. The van der Waals surface area contributed by atoms with Gasteiger partial charge >= 0.3 is 5.97 Å². The highest BCUT2D eigenvalue weighted by molar-refractivity contribution is 6.10. The van der Waals surface area contributed by atoms with Gasteiger partial charge in [0.05, 0.1) is 47.7 Å². The van der Waals surface area contributed by atoms with Gasteiger partial charge in [0.1, 0.15) is 29.9 Å². The van der Waals surface area contributed by atoms with Crippen LogP contribution in [0.4, 0.5) is 5.69 Å². The maximum absolute atomic E-state index is 14.1. The number of anilines is 1. The minimum absolute atomic E-state index is 0.00128. The van der Waals surface area contributed by atoms with E-state index in [-0.39, 0.29) is 99.8 Å². The number of unbranched alkanes of at least 4 members (excludes halogenated alkanes) is 1. The smallest absolute Gasteiger partial charge is 0.305 e. The van der Waals surface area contributed by atoms with Gasteiger partial charge in [0, 0.05) is 50.4 Å². The molecular weight excluding hydrogens is 981 g/mol. The highest BCUT2D eigenvalue weighted by Gasteiger charge is 2.37. The van der Waals surface area contributed by atoms with Gasteiger partial charge < -0.3 is 58.5 Å². The molecule has 13 N–H and O–H groups in total. The van der Waals surface area contributed by atoms with Crippen LogP contribution >= 0.6 is 0 Å². The van der Waals surface area contributed by atoms with Crippen molar-refractivity contribution in [2.24, 2.45) is 27.8 Å². The Hall–Kier alpha value is -8.31. The molecule has 3 aromatic rings. The number of phenols is 1. The average Bonchev–Trinajstić information content (AvgIpc) is 3.40. The molecule has 2 fully saturated rings. The number of amides is 7. The quantitative estimate of drug-likeness (QED) is 0.0433. The van der Waals surface area contributed by atoms with Gasteiger partial charge in [-0.05, 0) is 93.3 Å². The molecule has 6 rings (SSSR count). The van der Waals surface area contributed by atoms with E-state index in [0.717, 1.165) is 49.2 Å². The number of guanidine groups is 1. The summed E-state index contributed by atoms with van der Waals surface area (Å²) in [4.78, 5) is 115. The van der Waals surface area contributed by atoms with E-state index < -0.39 is 72.6 Å². The van der Waals surface area contributed by atoms with Crippen molar-refractivity contribution < 1.29 is 48.6 Å². The van der Waals surface area contributed by atoms with E-state index in [4.69, 9.17) is 11.1 Å². The van der Waals surface area contributed by atoms with Crippen molar-refractivity contribution in [1.82, 2.24) is 47.2 Å². The van der Waals surface area contributed by atoms with Crippen LogP contribution in [0.3, 0.4) is 0 Å². The largest absolute Gasteiger partial charge is 0.508 e. The van der Waals surface area contributed by atoms with E-state index in [1.54, 1.807) is 18.5 Å².